The first kappa shape index (κ1) is 18.6. The Morgan fingerprint density at radius 3 is 2.74 bits per heavy atom. The third-order valence-electron chi connectivity index (χ3n) is 5.51. The normalized spacial score (nSPS) is 27.6. The Balaban J connectivity index is 1.96. The number of halogens is 1. The minimum atomic E-state index is -0.220. The van der Waals surface area contributed by atoms with Crippen LogP contribution in [0, 0.1) is 0 Å². The van der Waals surface area contributed by atoms with Crippen molar-refractivity contribution in [1.29, 1.82) is 0 Å². The maximum Gasteiger partial charge on any atom is 0.222 e. The third-order valence-corrected chi connectivity index (χ3v) is 5.51. The van der Waals surface area contributed by atoms with E-state index in [4.69, 9.17) is 4.74 Å². The van der Waals surface area contributed by atoms with Crippen molar-refractivity contribution >= 4 is 5.91 Å². The predicted octanol–water partition coefficient (Wildman–Crippen LogP) is 1.38. The number of methoxy groups -OCH3 is 1. The molecule has 2 rings (SSSR count). The molecule has 6 heteroatoms. The van der Waals surface area contributed by atoms with Crippen LogP contribution in [0.25, 0.3) is 0 Å². The number of carbonyl (C=O) groups is 1. The van der Waals surface area contributed by atoms with Crippen LogP contribution in [0.1, 0.15) is 32.1 Å². The molecule has 2 saturated heterocycles. The van der Waals surface area contributed by atoms with Crippen LogP contribution in [0.3, 0.4) is 0 Å². The first-order chi connectivity index (χ1) is 11.1. The van der Waals surface area contributed by atoms with E-state index >= 15 is 0 Å². The van der Waals surface area contributed by atoms with Gasteiger partial charge in [0.1, 0.15) is 0 Å². The first-order valence-corrected chi connectivity index (χ1v) is 8.87. The molecule has 1 spiro atoms. The van der Waals surface area contributed by atoms with Crippen LogP contribution < -0.4 is 0 Å². The summed E-state index contributed by atoms with van der Waals surface area (Å²) in [4.78, 5) is 19.2. The molecular formula is C17H32FN3O2. The lowest BCUT2D eigenvalue weighted by atomic mass is 9.86. The van der Waals surface area contributed by atoms with Crippen LogP contribution in [0.15, 0.2) is 0 Å². The third kappa shape index (κ3) is 4.88. The van der Waals surface area contributed by atoms with Gasteiger partial charge in [-0.2, -0.15) is 0 Å². The van der Waals surface area contributed by atoms with Gasteiger partial charge in [0.25, 0.3) is 0 Å². The van der Waals surface area contributed by atoms with Crippen LogP contribution in [0.5, 0.6) is 0 Å². The lowest BCUT2D eigenvalue weighted by Gasteiger charge is -2.49. The van der Waals surface area contributed by atoms with Crippen molar-refractivity contribution in [2.45, 2.75) is 37.6 Å². The number of nitrogens with zero attached hydrogens (tertiary/aromatic N) is 3. The highest BCUT2D eigenvalue weighted by Gasteiger charge is 2.41. The summed E-state index contributed by atoms with van der Waals surface area (Å²) in [6, 6.07) is 0. The Morgan fingerprint density at radius 2 is 2.00 bits per heavy atom. The number of alkyl halides is 1. The molecule has 0 N–H and O–H groups in total. The van der Waals surface area contributed by atoms with Crippen LogP contribution in [0.4, 0.5) is 4.39 Å². The summed E-state index contributed by atoms with van der Waals surface area (Å²) < 4.78 is 17.4. The molecule has 0 aromatic carbocycles. The summed E-state index contributed by atoms with van der Waals surface area (Å²) in [7, 11) is 3.86. The van der Waals surface area contributed by atoms with Gasteiger partial charge in [-0.15, -0.1) is 0 Å². The highest BCUT2D eigenvalue weighted by Crippen LogP contribution is 2.32. The van der Waals surface area contributed by atoms with E-state index in [2.05, 4.69) is 16.8 Å². The van der Waals surface area contributed by atoms with Crippen molar-refractivity contribution in [3.63, 3.8) is 0 Å². The fourth-order valence-corrected chi connectivity index (χ4v) is 3.83. The number of piperazine rings is 1. The van der Waals surface area contributed by atoms with Crippen molar-refractivity contribution in [2.75, 3.05) is 66.7 Å². The second-order valence-corrected chi connectivity index (χ2v) is 6.94. The molecule has 2 fully saturated rings. The van der Waals surface area contributed by atoms with Gasteiger partial charge in [0, 0.05) is 51.8 Å². The van der Waals surface area contributed by atoms with E-state index in [0.29, 0.717) is 26.0 Å². The summed E-state index contributed by atoms with van der Waals surface area (Å²) in [5.74, 6) is 0.252. The van der Waals surface area contributed by atoms with E-state index in [-0.39, 0.29) is 18.1 Å². The van der Waals surface area contributed by atoms with E-state index < -0.39 is 0 Å². The zero-order valence-corrected chi connectivity index (χ0v) is 14.7. The number of likely N-dealkylation sites (N-methyl/N-ethyl adjacent to an activating group) is 1. The second-order valence-electron chi connectivity index (χ2n) is 6.94. The zero-order chi connectivity index (χ0) is 16.7. The van der Waals surface area contributed by atoms with Crippen LogP contribution in [0.2, 0.25) is 0 Å². The molecular weight excluding hydrogens is 297 g/mol. The summed E-state index contributed by atoms with van der Waals surface area (Å²) in [5, 5.41) is 0. The van der Waals surface area contributed by atoms with Crippen molar-refractivity contribution in [3.8, 4) is 0 Å². The van der Waals surface area contributed by atoms with Gasteiger partial charge in [-0.1, -0.05) is 0 Å². The second kappa shape index (κ2) is 8.94. The standard InChI is InChI=1S/C17H32FN3O2/c1-19-11-12-20(9-4-3-8-18)15-17(19)6-5-16(22)21(10-7-17)13-14-23-2/h3-15H2,1-2H3/t17-/m1/s1. The molecule has 0 bridgehead atoms. The molecule has 2 heterocycles. The van der Waals surface area contributed by atoms with Gasteiger partial charge < -0.3 is 14.5 Å². The molecule has 1 atom stereocenters. The topological polar surface area (TPSA) is 36.0 Å². The number of unbranched alkanes of at least 4 members (excludes halogenated alkanes) is 1. The molecule has 0 aromatic heterocycles. The summed E-state index contributed by atoms with van der Waals surface area (Å²) in [6.07, 6.45) is 4.13. The minimum absolute atomic E-state index is 0.0887. The van der Waals surface area contributed by atoms with Crippen molar-refractivity contribution in [3.05, 3.63) is 0 Å². The van der Waals surface area contributed by atoms with Gasteiger partial charge >= 0.3 is 0 Å². The molecule has 2 aliphatic heterocycles. The quantitative estimate of drug-likeness (QED) is 0.661. The Labute approximate surface area is 139 Å². The van der Waals surface area contributed by atoms with Crippen LogP contribution in [-0.4, -0.2) is 92.9 Å². The number of rotatable bonds is 7. The van der Waals surface area contributed by atoms with Gasteiger partial charge in [-0.3, -0.25) is 14.1 Å². The Kier molecular flexibility index (Phi) is 7.24. The van der Waals surface area contributed by atoms with Crippen molar-refractivity contribution < 1.29 is 13.9 Å². The lowest BCUT2D eigenvalue weighted by molar-refractivity contribution is -0.131. The maximum atomic E-state index is 12.3. The van der Waals surface area contributed by atoms with E-state index in [1.165, 1.54) is 0 Å². The molecule has 0 radical (unpaired) electrons. The Morgan fingerprint density at radius 1 is 1.17 bits per heavy atom. The number of carbonyl (C=O) groups excluding carboxylic acids is 1. The highest BCUT2D eigenvalue weighted by atomic mass is 19.1. The van der Waals surface area contributed by atoms with Gasteiger partial charge in [0.05, 0.1) is 13.3 Å². The first-order valence-electron chi connectivity index (χ1n) is 8.87. The Hall–Kier alpha value is -0.720. The molecule has 1 amide bonds. The highest BCUT2D eigenvalue weighted by molar-refractivity contribution is 5.76. The minimum Gasteiger partial charge on any atom is -0.383 e. The van der Waals surface area contributed by atoms with Crippen molar-refractivity contribution in [1.82, 2.24) is 14.7 Å². The van der Waals surface area contributed by atoms with E-state index in [1.54, 1.807) is 7.11 Å². The van der Waals surface area contributed by atoms with E-state index in [9.17, 15) is 9.18 Å². The lowest BCUT2D eigenvalue weighted by Crippen LogP contribution is -2.61. The van der Waals surface area contributed by atoms with Crippen LogP contribution in [-0.2, 0) is 9.53 Å². The number of hydrogen-bond donors (Lipinski definition) is 0. The molecule has 5 nitrogen and oxygen atoms in total. The number of amides is 1. The van der Waals surface area contributed by atoms with E-state index in [0.717, 1.165) is 52.0 Å². The molecule has 2 aliphatic rings. The molecule has 0 saturated carbocycles. The average Bonchev–Trinajstić information content (AvgIpc) is 2.70. The smallest absolute Gasteiger partial charge is 0.222 e. The number of likely N-dealkylation sites (tertiary alicyclic amines) is 1. The number of hydrogen-bond acceptors (Lipinski definition) is 4. The number of ether oxygens (including phenoxy) is 1. The fraction of sp³-hybridized carbons (Fsp3) is 0.941. The average molecular weight is 329 g/mol. The summed E-state index contributed by atoms with van der Waals surface area (Å²) >= 11 is 0. The van der Waals surface area contributed by atoms with Gasteiger partial charge in [0.15, 0.2) is 0 Å². The van der Waals surface area contributed by atoms with E-state index in [1.807, 2.05) is 4.90 Å². The summed E-state index contributed by atoms with van der Waals surface area (Å²) in [6.45, 7) is 5.93. The molecule has 23 heavy (non-hydrogen) atoms. The fourth-order valence-electron chi connectivity index (χ4n) is 3.83. The van der Waals surface area contributed by atoms with Crippen molar-refractivity contribution in [2.24, 2.45) is 0 Å². The predicted molar refractivity (Wildman–Crippen MR) is 89.3 cm³/mol. The van der Waals surface area contributed by atoms with Gasteiger partial charge in [-0.05, 0) is 39.3 Å². The van der Waals surface area contributed by atoms with Crippen LogP contribution >= 0.6 is 0 Å². The Bertz CT molecular complexity index is 383. The molecule has 0 aromatic rings. The monoisotopic (exact) mass is 329 g/mol. The maximum absolute atomic E-state index is 12.3. The molecule has 134 valence electrons. The zero-order valence-electron chi connectivity index (χ0n) is 14.7. The van der Waals surface area contributed by atoms with Gasteiger partial charge in [-0.25, -0.2) is 0 Å². The SMILES string of the molecule is COCCN1CC[C@]2(CCC1=O)CN(CCCCF)CCN2C. The summed E-state index contributed by atoms with van der Waals surface area (Å²) in [5.41, 5.74) is 0.0887. The van der Waals surface area contributed by atoms with Gasteiger partial charge in [0.2, 0.25) is 5.91 Å². The molecule has 0 unspecified atom stereocenters. The molecule has 0 aliphatic carbocycles. The largest absolute Gasteiger partial charge is 0.383 e.